The van der Waals surface area contributed by atoms with Gasteiger partial charge >= 0.3 is 0 Å². The van der Waals surface area contributed by atoms with E-state index >= 15 is 0 Å². The normalized spacial score (nSPS) is 45.0. The van der Waals surface area contributed by atoms with Crippen molar-refractivity contribution in [2.45, 2.75) is 38.4 Å². The van der Waals surface area contributed by atoms with Crippen LogP contribution in [0.15, 0.2) is 0 Å². The zero-order valence-electron chi connectivity index (χ0n) is 5.75. The molecule has 1 saturated carbocycles. The van der Waals surface area contributed by atoms with E-state index in [1.165, 1.54) is 0 Å². The van der Waals surface area contributed by atoms with Gasteiger partial charge in [0.05, 0.1) is 12.2 Å². The lowest BCUT2D eigenvalue weighted by atomic mass is 9.86. The molecular weight excluding hydrogens is 116 g/mol. The zero-order valence-corrected chi connectivity index (χ0v) is 5.75. The predicted octanol–water partition coefficient (Wildman–Crippen LogP) is 0.528. The van der Waals surface area contributed by atoms with Gasteiger partial charge in [-0.2, -0.15) is 0 Å². The number of aliphatic hydroxyl groups is 2. The second-order valence-corrected chi connectivity index (χ2v) is 2.97. The van der Waals surface area contributed by atoms with Crippen molar-refractivity contribution in [3.05, 3.63) is 0 Å². The van der Waals surface area contributed by atoms with Gasteiger partial charge < -0.3 is 10.2 Å². The molecule has 0 bridgehead atoms. The number of hydrogen-bond donors (Lipinski definition) is 2. The van der Waals surface area contributed by atoms with Gasteiger partial charge in [0.2, 0.25) is 0 Å². The Morgan fingerprint density at radius 2 is 1.89 bits per heavy atom. The molecule has 0 heterocycles. The zero-order chi connectivity index (χ0) is 6.85. The van der Waals surface area contributed by atoms with Gasteiger partial charge in [-0.3, -0.25) is 0 Å². The highest BCUT2D eigenvalue weighted by atomic mass is 16.3. The maximum absolute atomic E-state index is 9.20. The Labute approximate surface area is 55.5 Å². The molecule has 0 unspecified atom stereocenters. The largest absolute Gasteiger partial charge is 0.390 e. The molecule has 0 saturated heterocycles. The fourth-order valence-corrected chi connectivity index (χ4v) is 1.37. The van der Waals surface area contributed by atoms with E-state index in [4.69, 9.17) is 5.11 Å². The van der Waals surface area contributed by atoms with Crippen LogP contribution in [0.1, 0.15) is 26.2 Å². The Morgan fingerprint density at radius 1 is 1.22 bits per heavy atom. The molecule has 1 rings (SSSR count). The average molecular weight is 130 g/mol. The molecule has 0 aromatic carbocycles. The summed E-state index contributed by atoms with van der Waals surface area (Å²) in [5.41, 5.74) is 0. The van der Waals surface area contributed by atoms with Crippen molar-refractivity contribution >= 4 is 0 Å². The lowest BCUT2D eigenvalue weighted by Crippen LogP contribution is -2.35. The highest BCUT2D eigenvalue weighted by Crippen LogP contribution is 2.23. The SMILES string of the molecule is C[C@@H]1CCC[C@@H](O)[C@@H]1O. The Kier molecular flexibility index (Phi) is 2.09. The minimum atomic E-state index is -0.473. The van der Waals surface area contributed by atoms with E-state index in [1.54, 1.807) is 0 Å². The van der Waals surface area contributed by atoms with E-state index < -0.39 is 12.2 Å². The maximum Gasteiger partial charge on any atom is 0.0824 e. The highest BCUT2D eigenvalue weighted by molar-refractivity contribution is 4.78. The van der Waals surface area contributed by atoms with Crippen molar-refractivity contribution in [2.75, 3.05) is 0 Å². The van der Waals surface area contributed by atoms with Crippen LogP contribution in [0.5, 0.6) is 0 Å². The van der Waals surface area contributed by atoms with Crippen molar-refractivity contribution in [3.8, 4) is 0 Å². The van der Waals surface area contributed by atoms with Crippen molar-refractivity contribution in [1.82, 2.24) is 0 Å². The third-order valence-electron chi connectivity index (χ3n) is 2.14. The maximum atomic E-state index is 9.20. The molecular formula is C7H14O2. The summed E-state index contributed by atoms with van der Waals surface area (Å²) in [6.07, 6.45) is 1.94. The molecule has 0 aliphatic heterocycles. The highest BCUT2D eigenvalue weighted by Gasteiger charge is 2.26. The van der Waals surface area contributed by atoms with Crippen LogP contribution < -0.4 is 0 Å². The first-order valence-corrected chi connectivity index (χ1v) is 3.58. The fraction of sp³-hybridized carbons (Fsp3) is 1.00. The van der Waals surface area contributed by atoms with Crippen molar-refractivity contribution in [3.63, 3.8) is 0 Å². The summed E-state index contributed by atoms with van der Waals surface area (Å²) >= 11 is 0. The van der Waals surface area contributed by atoms with Gasteiger partial charge in [-0.25, -0.2) is 0 Å². The van der Waals surface area contributed by atoms with Gasteiger partial charge in [-0.15, -0.1) is 0 Å². The van der Waals surface area contributed by atoms with E-state index in [2.05, 4.69) is 0 Å². The molecule has 0 aromatic rings. The third-order valence-corrected chi connectivity index (χ3v) is 2.14. The molecule has 2 heteroatoms. The first-order chi connectivity index (χ1) is 4.22. The fourth-order valence-electron chi connectivity index (χ4n) is 1.37. The molecule has 2 N–H and O–H groups in total. The first-order valence-electron chi connectivity index (χ1n) is 3.58. The molecule has 9 heavy (non-hydrogen) atoms. The van der Waals surface area contributed by atoms with Crippen LogP contribution in [0.3, 0.4) is 0 Å². The predicted molar refractivity (Wildman–Crippen MR) is 35.0 cm³/mol. The first kappa shape index (κ1) is 7.03. The average Bonchev–Trinajstić information content (AvgIpc) is 1.83. The Morgan fingerprint density at radius 3 is 2.33 bits per heavy atom. The summed E-state index contributed by atoms with van der Waals surface area (Å²) < 4.78 is 0. The van der Waals surface area contributed by atoms with E-state index in [1.807, 2.05) is 6.92 Å². The number of rotatable bonds is 0. The molecule has 0 aromatic heterocycles. The molecule has 0 radical (unpaired) electrons. The summed E-state index contributed by atoms with van der Waals surface area (Å²) in [5.74, 6) is 0.286. The van der Waals surface area contributed by atoms with Crippen LogP contribution in [0.25, 0.3) is 0 Å². The summed E-state index contributed by atoms with van der Waals surface area (Å²) in [6, 6.07) is 0. The van der Waals surface area contributed by atoms with Crippen molar-refractivity contribution in [1.29, 1.82) is 0 Å². The molecule has 1 fully saturated rings. The molecule has 1 aliphatic rings. The summed E-state index contributed by atoms with van der Waals surface area (Å²) in [7, 11) is 0. The minimum absolute atomic E-state index is 0.286. The number of aliphatic hydroxyl groups excluding tert-OH is 2. The molecule has 54 valence electrons. The second-order valence-electron chi connectivity index (χ2n) is 2.97. The van der Waals surface area contributed by atoms with Gasteiger partial charge in [-0.05, 0) is 18.8 Å². The van der Waals surface area contributed by atoms with Gasteiger partial charge in [0.15, 0.2) is 0 Å². The minimum Gasteiger partial charge on any atom is -0.390 e. The Balaban J connectivity index is 2.41. The Hall–Kier alpha value is -0.0800. The van der Waals surface area contributed by atoms with Gasteiger partial charge in [0, 0.05) is 0 Å². The van der Waals surface area contributed by atoms with Crippen LogP contribution in [0, 0.1) is 5.92 Å². The van der Waals surface area contributed by atoms with Gasteiger partial charge in [-0.1, -0.05) is 13.3 Å². The van der Waals surface area contributed by atoms with Gasteiger partial charge in [0.25, 0.3) is 0 Å². The van der Waals surface area contributed by atoms with Gasteiger partial charge in [0.1, 0.15) is 0 Å². The van der Waals surface area contributed by atoms with Crippen LogP contribution in [0.2, 0.25) is 0 Å². The van der Waals surface area contributed by atoms with Crippen LogP contribution >= 0.6 is 0 Å². The van der Waals surface area contributed by atoms with Crippen molar-refractivity contribution < 1.29 is 10.2 Å². The summed E-state index contributed by atoms with van der Waals surface area (Å²) in [6.45, 7) is 1.98. The van der Waals surface area contributed by atoms with E-state index in [9.17, 15) is 5.11 Å². The quantitative estimate of drug-likeness (QED) is 0.502. The second kappa shape index (κ2) is 2.67. The summed E-state index contributed by atoms with van der Waals surface area (Å²) in [5, 5.41) is 18.3. The molecule has 0 spiro atoms. The standard InChI is InChI=1S/C7H14O2/c1-5-3-2-4-6(8)7(5)9/h5-9H,2-4H2,1H3/t5-,6-,7-/m1/s1. The lowest BCUT2D eigenvalue weighted by molar-refractivity contribution is -0.0391. The van der Waals surface area contributed by atoms with E-state index in [0.717, 1.165) is 19.3 Å². The molecule has 3 atom stereocenters. The smallest absolute Gasteiger partial charge is 0.0824 e. The molecule has 1 aliphatic carbocycles. The molecule has 2 nitrogen and oxygen atoms in total. The lowest BCUT2D eigenvalue weighted by Gasteiger charge is -2.28. The van der Waals surface area contributed by atoms with E-state index in [0.29, 0.717) is 0 Å². The monoisotopic (exact) mass is 130 g/mol. The summed E-state index contributed by atoms with van der Waals surface area (Å²) in [4.78, 5) is 0. The van der Waals surface area contributed by atoms with Crippen LogP contribution in [-0.4, -0.2) is 22.4 Å². The van der Waals surface area contributed by atoms with Crippen LogP contribution in [-0.2, 0) is 0 Å². The Bertz CT molecular complexity index is 82.9. The van der Waals surface area contributed by atoms with Crippen molar-refractivity contribution in [2.24, 2.45) is 5.92 Å². The van der Waals surface area contributed by atoms with Crippen LogP contribution in [0.4, 0.5) is 0 Å². The topological polar surface area (TPSA) is 40.5 Å². The van der Waals surface area contributed by atoms with E-state index in [-0.39, 0.29) is 5.92 Å². The third kappa shape index (κ3) is 1.43. The number of hydrogen-bond acceptors (Lipinski definition) is 2. The molecule has 0 amide bonds.